The standard InChI is InChI=1S/C18H28ClN3O3S/c1-3-17(18(23)20-10-13-21-11-5-4-6-12-21)22(26(2,24)25)16-9-7-8-15(19)14-16/h7-9,14,17H,3-6,10-13H2,1-2H3,(H,20,23). The molecule has 0 radical (unpaired) electrons. The van der Waals surface area contributed by atoms with Gasteiger partial charge < -0.3 is 10.2 Å². The lowest BCUT2D eigenvalue weighted by Crippen LogP contribution is -2.50. The molecule has 1 aromatic carbocycles. The molecule has 8 heteroatoms. The highest BCUT2D eigenvalue weighted by Crippen LogP contribution is 2.25. The summed E-state index contributed by atoms with van der Waals surface area (Å²) < 4.78 is 25.9. The molecular weight excluding hydrogens is 374 g/mol. The molecule has 26 heavy (non-hydrogen) atoms. The zero-order valence-electron chi connectivity index (χ0n) is 15.4. The number of carbonyl (C=O) groups excluding carboxylic acids is 1. The molecule has 1 atom stereocenters. The second-order valence-corrected chi connectivity index (χ2v) is 8.95. The van der Waals surface area contributed by atoms with E-state index in [0.29, 0.717) is 23.7 Å². The van der Waals surface area contributed by atoms with Gasteiger partial charge in [-0.05, 0) is 50.6 Å². The lowest BCUT2D eigenvalue weighted by atomic mass is 10.1. The zero-order valence-corrected chi connectivity index (χ0v) is 17.0. The average molecular weight is 402 g/mol. The Morgan fingerprint density at radius 1 is 1.31 bits per heavy atom. The summed E-state index contributed by atoms with van der Waals surface area (Å²) in [6.07, 6.45) is 5.14. The van der Waals surface area contributed by atoms with Gasteiger partial charge in [0.2, 0.25) is 15.9 Å². The van der Waals surface area contributed by atoms with E-state index in [2.05, 4.69) is 10.2 Å². The minimum Gasteiger partial charge on any atom is -0.353 e. The SMILES string of the molecule is CCC(C(=O)NCCN1CCCCC1)N(c1cccc(Cl)c1)S(C)(=O)=O. The van der Waals surface area contributed by atoms with E-state index in [1.54, 1.807) is 31.2 Å². The second-order valence-electron chi connectivity index (χ2n) is 6.66. The Balaban J connectivity index is 2.07. The molecule has 1 heterocycles. The molecule has 1 unspecified atom stereocenters. The number of hydrogen-bond acceptors (Lipinski definition) is 4. The van der Waals surface area contributed by atoms with Gasteiger partial charge >= 0.3 is 0 Å². The van der Waals surface area contributed by atoms with E-state index < -0.39 is 16.1 Å². The number of anilines is 1. The number of rotatable bonds is 8. The van der Waals surface area contributed by atoms with Gasteiger partial charge in [0.05, 0.1) is 11.9 Å². The molecule has 1 aromatic rings. The minimum atomic E-state index is -3.63. The molecule has 1 fully saturated rings. The smallest absolute Gasteiger partial charge is 0.243 e. The number of amides is 1. The normalized spacial score (nSPS) is 16.9. The van der Waals surface area contributed by atoms with Crippen LogP contribution in [0, 0.1) is 0 Å². The van der Waals surface area contributed by atoms with Gasteiger partial charge in [-0.25, -0.2) is 8.42 Å². The van der Waals surface area contributed by atoms with Crippen molar-refractivity contribution in [2.24, 2.45) is 0 Å². The lowest BCUT2D eigenvalue weighted by Gasteiger charge is -2.31. The third kappa shape index (κ3) is 5.86. The molecule has 146 valence electrons. The summed E-state index contributed by atoms with van der Waals surface area (Å²) in [7, 11) is -3.63. The maximum atomic E-state index is 12.7. The maximum Gasteiger partial charge on any atom is 0.243 e. The molecule has 0 spiro atoms. The van der Waals surface area contributed by atoms with Gasteiger partial charge in [0.15, 0.2) is 0 Å². The van der Waals surface area contributed by atoms with Gasteiger partial charge in [0.1, 0.15) is 6.04 Å². The monoisotopic (exact) mass is 401 g/mol. The molecule has 0 aliphatic carbocycles. The van der Waals surface area contributed by atoms with E-state index in [1.165, 1.54) is 19.3 Å². The van der Waals surface area contributed by atoms with Crippen molar-refractivity contribution in [3.8, 4) is 0 Å². The molecule has 1 N–H and O–H groups in total. The van der Waals surface area contributed by atoms with Crippen LogP contribution in [-0.4, -0.2) is 57.7 Å². The fourth-order valence-corrected chi connectivity index (χ4v) is 4.70. The highest BCUT2D eigenvalue weighted by Gasteiger charge is 2.31. The van der Waals surface area contributed by atoms with Crippen LogP contribution in [0.2, 0.25) is 5.02 Å². The molecular formula is C18H28ClN3O3S. The van der Waals surface area contributed by atoms with Gasteiger partial charge in [-0.3, -0.25) is 9.10 Å². The summed E-state index contributed by atoms with van der Waals surface area (Å²) in [6.45, 7) is 5.23. The van der Waals surface area contributed by atoms with Crippen LogP contribution in [0.3, 0.4) is 0 Å². The molecule has 0 aromatic heterocycles. The number of hydrogen-bond donors (Lipinski definition) is 1. The zero-order chi connectivity index (χ0) is 19.2. The van der Waals surface area contributed by atoms with E-state index in [0.717, 1.165) is 30.2 Å². The molecule has 6 nitrogen and oxygen atoms in total. The van der Waals surface area contributed by atoms with E-state index in [4.69, 9.17) is 11.6 Å². The second kappa shape index (κ2) is 9.58. The molecule has 1 aliphatic heterocycles. The first-order chi connectivity index (χ1) is 12.3. The Morgan fingerprint density at radius 3 is 2.58 bits per heavy atom. The summed E-state index contributed by atoms with van der Waals surface area (Å²) in [5, 5.41) is 3.33. The van der Waals surface area contributed by atoms with Crippen LogP contribution in [-0.2, 0) is 14.8 Å². The summed E-state index contributed by atoms with van der Waals surface area (Å²) in [5.74, 6) is -0.282. The third-order valence-electron chi connectivity index (χ3n) is 4.57. The number of likely N-dealkylation sites (tertiary alicyclic amines) is 1. The highest BCUT2D eigenvalue weighted by molar-refractivity contribution is 7.92. The number of carbonyl (C=O) groups is 1. The minimum absolute atomic E-state index is 0.282. The van der Waals surface area contributed by atoms with Crippen LogP contribution in [0.15, 0.2) is 24.3 Å². The van der Waals surface area contributed by atoms with E-state index in [-0.39, 0.29) is 5.91 Å². The topological polar surface area (TPSA) is 69.7 Å². The van der Waals surface area contributed by atoms with Crippen molar-refractivity contribution < 1.29 is 13.2 Å². The molecule has 1 aliphatic rings. The van der Waals surface area contributed by atoms with Crippen LogP contribution >= 0.6 is 11.6 Å². The van der Waals surface area contributed by atoms with Crippen molar-refractivity contribution >= 4 is 33.2 Å². The van der Waals surface area contributed by atoms with Crippen LogP contribution in [0.5, 0.6) is 0 Å². The summed E-state index contributed by atoms with van der Waals surface area (Å²) in [5.41, 5.74) is 0.401. The Labute approximate surface area is 161 Å². The van der Waals surface area contributed by atoms with Crippen molar-refractivity contribution in [2.45, 2.75) is 38.6 Å². The molecule has 0 saturated carbocycles. The van der Waals surface area contributed by atoms with E-state index in [1.807, 2.05) is 0 Å². The largest absolute Gasteiger partial charge is 0.353 e. The maximum absolute atomic E-state index is 12.7. The van der Waals surface area contributed by atoms with Crippen LogP contribution in [0.25, 0.3) is 0 Å². The van der Waals surface area contributed by atoms with Crippen molar-refractivity contribution in [3.63, 3.8) is 0 Å². The van der Waals surface area contributed by atoms with Gasteiger partial charge in [-0.15, -0.1) is 0 Å². The fraction of sp³-hybridized carbons (Fsp3) is 0.611. The van der Waals surface area contributed by atoms with Crippen molar-refractivity contribution in [1.29, 1.82) is 0 Å². The quantitative estimate of drug-likeness (QED) is 0.726. The summed E-state index contributed by atoms with van der Waals surface area (Å²) >= 11 is 6.01. The number of benzene rings is 1. The molecule has 0 bridgehead atoms. The number of sulfonamides is 1. The predicted octanol–water partition coefficient (Wildman–Crippen LogP) is 2.49. The Bertz CT molecular complexity index is 705. The van der Waals surface area contributed by atoms with Crippen LogP contribution in [0.1, 0.15) is 32.6 Å². The summed E-state index contributed by atoms with van der Waals surface area (Å²) in [6, 6.07) is 5.76. The summed E-state index contributed by atoms with van der Waals surface area (Å²) in [4.78, 5) is 15.0. The molecule has 2 rings (SSSR count). The highest BCUT2D eigenvalue weighted by atomic mass is 35.5. The number of nitrogens with zero attached hydrogens (tertiary/aromatic N) is 2. The average Bonchev–Trinajstić information content (AvgIpc) is 2.59. The van der Waals surface area contributed by atoms with Gasteiger partial charge in [0.25, 0.3) is 0 Å². The number of nitrogens with one attached hydrogen (secondary N) is 1. The Kier molecular flexibility index (Phi) is 7.73. The van der Waals surface area contributed by atoms with Crippen LogP contribution < -0.4 is 9.62 Å². The van der Waals surface area contributed by atoms with Gasteiger partial charge in [-0.1, -0.05) is 31.0 Å². The first kappa shape index (κ1) is 21.0. The lowest BCUT2D eigenvalue weighted by molar-refractivity contribution is -0.122. The van der Waals surface area contributed by atoms with Crippen LogP contribution in [0.4, 0.5) is 5.69 Å². The molecule has 1 amide bonds. The van der Waals surface area contributed by atoms with Crippen molar-refractivity contribution in [2.75, 3.05) is 36.7 Å². The first-order valence-electron chi connectivity index (χ1n) is 9.08. The first-order valence-corrected chi connectivity index (χ1v) is 11.3. The van der Waals surface area contributed by atoms with Crippen molar-refractivity contribution in [3.05, 3.63) is 29.3 Å². The van der Waals surface area contributed by atoms with Gasteiger partial charge in [-0.2, -0.15) is 0 Å². The van der Waals surface area contributed by atoms with Crippen molar-refractivity contribution in [1.82, 2.24) is 10.2 Å². The van der Waals surface area contributed by atoms with E-state index in [9.17, 15) is 13.2 Å². The van der Waals surface area contributed by atoms with E-state index >= 15 is 0 Å². The Hall–Kier alpha value is -1.31. The van der Waals surface area contributed by atoms with Gasteiger partial charge in [0, 0.05) is 18.1 Å². The fourth-order valence-electron chi connectivity index (χ4n) is 3.31. The molecule has 1 saturated heterocycles. The number of piperidine rings is 1. The predicted molar refractivity (Wildman–Crippen MR) is 106 cm³/mol. The Morgan fingerprint density at radius 2 is 2.00 bits per heavy atom. The number of halogens is 1. The third-order valence-corrected chi connectivity index (χ3v) is 5.98.